The third kappa shape index (κ3) is 2.88. The largest absolute Gasteiger partial charge is 0.342 e. The number of rotatable bonds is 3. The van der Waals surface area contributed by atoms with E-state index in [4.69, 9.17) is 0 Å². The molecule has 0 unspecified atom stereocenters. The van der Waals surface area contributed by atoms with E-state index in [0.29, 0.717) is 11.7 Å². The minimum Gasteiger partial charge on any atom is -0.342 e. The number of aromatic amines is 1. The summed E-state index contributed by atoms with van der Waals surface area (Å²) >= 11 is 2.13. The average molecular weight is 395 g/mol. The molecular formula is C16H18IN3O. The number of halogens is 1. The maximum Gasteiger partial charge on any atom is 0.286 e. The number of aromatic nitrogens is 3. The van der Waals surface area contributed by atoms with Crippen molar-refractivity contribution in [1.29, 1.82) is 0 Å². The second-order valence-corrected chi connectivity index (χ2v) is 6.56. The molecule has 5 heteroatoms. The Kier molecular flexibility index (Phi) is 4.37. The number of nitrogens with one attached hydrogen (secondary N) is 1. The molecule has 1 fully saturated rings. The number of hydrogen-bond acceptors (Lipinski definition) is 3. The van der Waals surface area contributed by atoms with Crippen LogP contribution in [0.3, 0.4) is 0 Å². The minimum atomic E-state index is -0.120. The van der Waals surface area contributed by atoms with E-state index in [2.05, 4.69) is 44.5 Å². The summed E-state index contributed by atoms with van der Waals surface area (Å²) in [4.78, 5) is 24.1. The molecule has 0 radical (unpaired) electrons. The van der Waals surface area contributed by atoms with Gasteiger partial charge >= 0.3 is 0 Å². The van der Waals surface area contributed by atoms with Crippen molar-refractivity contribution >= 4 is 22.6 Å². The van der Waals surface area contributed by atoms with Crippen molar-refractivity contribution in [2.45, 2.75) is 44.9 Å². The molecule has 0 atom stereocenters. The van der Waals surface area contributed by atoms with Crippen LogP contribution in [-0.2, 0) is 6.42 Å². The maximum atomic E-state index is 12.2. The Balaban J connectivity index is 2.13. The number of aryl methyl sites for hydroxylation is 1. The number of H-pyrrole nitrogens is 1. The highest BCUT2D eigenvalue weighted by atomic mass is 127. The lowest BCUT2D eigenvalue weighted by molar-refractivity contribution is 0.687. The van der Waals surface area contributed by atoms with Gasteiger partial charge in [-0.2, -0.15) is 4.98 Å². The van der Waals surface area contributed by atoms with Crippen LogP contribution >= 0.6 is 22.6 Å². The van der Waals surface area contributed by atoms with Crippen LogP contribution in [-0.4, -0.2) is 15.0 Å². The van der Waals surface area contributed by atoms with Crippen molar-refractivity contribution in [2.24, 2.45) is 0 Å². The van der Waals surface area contributed by atoms with E-state index in [0.717, 1.165) is 39.7 Å². The number of hydrogen-bond donors (Lipinski definition) is 1. The predicted molar refractivity (Wildman–Crippen MR) is 91.4 cm³/mol. The summed E-state index contributed by atoms with van der Waals surface area (Å²) in [5.74, 6) is 1.15. The van der Waals surface area contributed by atoms with Gasteiger partial charge in [0.2, 0.25) is 0 Å². The third-order valence-corrected chi connectivity index (χ3v) is 5.24. The van der Waals surface area contributed by atoms with Gasteiger partial charge in [-0.3, -0.25) is 9.78 Å². The van der Waals surface area contributed by atoms with E-state index in [-0.39, 0.29) is 5.56 Å². The molecule has 110 valence electrons. The zero-order valence-corrected chi connectivity index (χ0v) is 14.2. The molecule has 2 heterocycles. The van der Waals surface area contributed by atoms with Crippen LogP contribution < -0.4 is 5.56 Å². The summed E-state index contributed by atoms with van der Waals surface area (Å²) in [5.41, 5.74) is 3.05. The second-order valence-electron chi connectivity index (χ2n) is 5.49. The molecule has 0 bridgehead atoms. The van der Waals surface area contributed by atoms with Crippen molar-refractivity contribution in [3.05, 3.63) is 43.6 Å². The van der Waals surface area contributed by atoms with Gasteiger partial charge in [0.1, 0.15) is 5.82 Å². The van der Waals surface area contributed by atoms with Gasteiger partial charge in [0, 0.05) is 29.6 Å². The highest BCUT2D eigenvalue weighted by Crippen LogP contribution is 2.35. The Bertz CT molecular complexity index is 705. The molecule has 1 aliphatic rings. The Morgan fingerprint density at radius 2 is 2.14 bits per heavy atom. The van der Waals surface area contributed by atoms with Gasteiger partial charge in [0.15, 0.2) is 0 Å². The van der Waals surface area contributed by atoms with E-state index >= 15 is 0 Å². The van der Waals surface area contributed by atoms with Gasteiger partial charge in [-0.25, -0.2) is 0 Å². The second kappa shape index (κ2) is 6.25. The molecule has 2 aromatic rings. The van der Waals surface area contributed by atoms with Gasteiger partial charge in [0.25, 0.3) is 5.56 Å². The Hall–Kier alpha value is -1.24. The smallest absolute Gasteiger partial charge is 0.286 e. The SMILES string of the molecule is CCc1cnccc1-c1nc(=O)c(I)c(C2CCCC2)[nH]1. The van der Waals surface area contributed by atoms with E-state index in [1.165, 1.54) is 12.8 Å². The Morgan fingerprint density at radius 3 is 2.86 bits per heavy atom. The lowest BCUT2D eigenvalue weighted by Gasteiger charge is -2.14. The molecule has 0 aromatic carbocycles. The van der Waals surface area contributed by atoms with Crippen LogP contribution in [0.4, 0.5) is 0 Å². The molecule has 1 aliphatic carbocycles. The first-order valence-electron chi connectivity index (χ1n) is 7.43. The molecule has 0 aliphatic heterocycles. The monoisotopic (exact) mass is 395 g/mol. The van der Waals surface area contributed by atoms with Crippen LogP contribution in [0.25, 0.3) is 11.4 Å². The van der Waals surface area contributed by atoms with Crippen LogP contribution in [0, 0.1) is 3.57 Å². The third-order valence-electron chi connectivity index (χ3n) is 4.19. The molecule has 3 rings (SSSR count). The first-order chi connectivity index (χ1) is 10.2. The van der Waals surface area contributed by atoms with Crippen molar-refractivity contribution in [3.8, 4) is 11.4 Å². The fourth-order valence-corrected chi connectivity index (χ4v) is 3.74. The quantitative estimate of drug-likeness (QED) is 0.808. The van der Waals surface area contributed by atoms with Gasteiger partial charge in [0.05, 0.1) is 3.57 Å². The van der Waals surface area contributed by atoms with E-state index in [1.54, 1.807) is 6.20 Å². The van der Waals surface area contributed by atoms with Gasteiger partial charge in [-0.05, 0) is 53.5 Å². The van der Waals surface area contributed by atoms with Crippen LogP contribution in [0.5, 0.6) is 0 Å². The first kappa shape index (κ1) is 14.7. The molecule has 0 saturated heterocycles. The van der Waals surface area contributed by atoms with Crippen LogP contribution in [0.2, 0.25) is 0 Å². The van der Waals surface area contributed by atoms with Gasteiger partial charge in [-0.1, -0.05) is 19.8 Å². The summed E-state index contributed by atoms with van der Waals surface area (Å²) in [6.45, 7) is 2.09. The summed E-state index contributed by atoms with van der Waals surface area (Å²) < 4.78 is 0.746. The summed E-state index contributed by atoms with van der Waals surface area (Å²) in [6.07, 6.45) is 9.28. The zero-order chi connectivity index (χ0) is 14.8. The van der Waals surface area contributed by atoms with E-state index in [1.807, 2.05) is 12.3 Å². The molecule has 0 spiro atoms. The van der Waals surface area contributed by atoms with Crippen LogP contribution in [0.1, 0.15) is 49.8 Å². The molecular weight excluding hydrogens is 377 g/mol. The minimum absolute atomic E-state index is 0.120. The highest BCUT2D eigenvalue weighted by molar-refractivity contribution is 14.1. The molecule has 1 N–H and O–H groups in total. The number of nitrogens with zero attached hydrogens (tertiary/aromatic N) is 2. The zero-order valence-electron chi connectivity index (χ0n) is 12.0. The average Bonchev–Trinajstić information content (AvgIpc) is 3.04. The standard InChI is InChI=1S/C16H18IN3O/c1-2-10-9-18-8-7-12(10)15-19-14(11-5-3-4-6-11)13(17)16(21)20-15/h7-9,11H,2-6H2,1H3,(H,19,20,21). The first-order valence-corrected chi connectivity index (χ1v) is 8.51. The maximum absolute atomic E-state index is 12.2. The predicted octanol–water partition coefficient (Wildman–Crippen LogP) is 3.66. The van der Waals surface area contributed by atoms with Gasteiger partial charge < -0.3 is 4.98 Å². The topological polar surface area (TPSA) is 58.6 Å². The van der Waals surface area contributed by atoms with Crippen molar-refractivity contribution < 1.29 is 0 Å². The van der Waals surface area contributed by atoms with Crippen molar-refractivity contribution in [2.75, 3.05) is 0 Å². The molecule has 4 nitrogen and oxygen atoms in total. The fraction of sp³-hybridized carbons (Fsp3) is 0.438. The Morgan fingerprint density at radius 1 is 1.38 bits per heavy atom. The molecule has 2 aromatic heterocycles. The fourth-order valence-electron chi connectivity index (χ4n) is 3.04. The summed E-state index contributed by atoms with van der Waals surface area (Å²) in [5, 5.41) is 0. The number of pyridine rings is 1. The van der Waals surface area contributed by atoms with Crippen molar-refractivity contribution in [1.82, 2.24) is 15.0 Å². The summed E-state index contributed by atoms with van der Waals surface area (Å²) in [6, 6.07) is 1.93. The normalized spacial score (nSPS) is 15.5. The molecule has 0 amide bonds. The van der Waals surface area contributed by atoms with Crippen molar-refractivity contribution in [3.63, 3.8) is 0 Å². The van der Waals surface area contributed by atoms with Crippen LogP contribution in [0.15, 0.2) is 23.3 Å². The molecule has 21 heavy (non-hydrogen) atoms. The lowest BCUT2D eigenvalue weighted by Crippen LogP contribution is -2.18. The van der Waals surface area contributed by atoms with Gasteiger partial charge in [-0.15, -0.1) is 0 Å². The Labute approximate surface area is 137 Å². The van der Waals surface area contributed by atoms with E-state index in [9.17, 15) is 4.79 Å². The lowest BCUT2D eigenvalue weighted by atomic mass is 10.0. The highest BCUT2D eigenvalue weighted by Gasteiger charge is 2.23. The summed E-state index contributed by atoms with van der Waals surface area (Å²) in [7, 11) is 0. The van der Waals surface area contributed by atoms with E-state index < -0.39 is 0 Å². The molecule has 1 saturated carbocycles.